The summed E-state index contributed by atoms with van der Waals surface area (Å²) in [5.74, 6) is 0. The zero-order valence-electron chi connectivity index (χ0n) is 11.6. The fraction of sp³-hybridized carbons (Fsp3) is 0.167. The van der Waals surface area contributed by atoms with Gasteiger partial charge in [-0.3, -0.25) is 4.98 Å². The average molecular weight is 262 g/mol. The molecule has 0 spiro atoms. The van der Waals surface area contributed by atoms with E-state index >= 15 is 0 Å². The van der Waals surface area contributed by atoms with Crippen LogP contribution < -0.4 is 5.73 Å². The highest BCUT2D eigenvalue weighted by atomic mass is 14.7. The van der Waals surface area contributed by atoms with Crippen LogP contribution in [-0.2, 0) is 6.42 Å². The molecule has 0 radical (unpaired) electrons. The molecule has 2 aromatic carbocycles. The van der Waals surface area contributed by atoms with Crippen molar-refractivity contribution in [1.82, 2.24) is 4.98 Å². The number of aromatic nitrogens is 1. The summed E-state index contributed by atoms with van der Waals surface area (Å²) in [6.07, 6.45) is 4.52. The summed E-state index contributed by atoms with van der Waals surface area (Å²) in [6, 6.07) is 16.8. The molecule has 0 fully saturated rings. The summed E-state index contributed by atoms with van der Waals surface area (Å²) in [6.45, 7) is 2.08. The van der Waals surface area contributed by atoms with Gasteiger partial charge in [0, 0.05) is 18.4 Å². The van der Waals surface area contributed by atoms with E-state index in [1.54, 1.807) is 0 Å². The molecular weight excluding hydrogens is 244 g/mol. The first kappa shape index (κ1) is 12.8. The second-order valence-electron chi connectivity index (χ2n) is 5.18. The molecule has 0 saturated carbocycles. The SMILES string of the molecule is Cc1ccncc1C(N)Cc1cccc2ccccc12. The largest absolute Gasteiger partial charge is 0.324 e. The van der Waals surface area contributed by atoms with E-state index in [4.69, 9.17) is 5.73 Å². The fourth-order valence-corrected chi connectivity index (χ4v) is 2.68. The number of fused-ring (bicyclic) bond motifs is 1. The normalized spacial score (nSPS) is 12.5. The first-order valence-corrected chi connectivity index (χ1v) is 6.88. The maximum Gasteiger partial charge on any atom is 0.0353 e. The third kappa shape index (κ3) is 2.43. The van der Waals surface area contributed by atoms with E-state index in [1.807, 2.05) is 18.5 Å². The smallest absolute Gasteiger partial charge is 0.0353 e. The van der Waals surface area contributed by atoms with Crippen LogP contribution in [-0.4, -0.2) is 4.98 Å². The highest BCUT2D eigenvalue weighted by Crippen LogP contribution is 2.24. The maximum absolute atomic E-state index is 6.38. The minimum Gasteiger partial charge on any atom is -0.324 e. The summed E-state index contributed by atoms with van der Waals surface area (Å²) in [5.41, 5.74) is 10.00. The van der Waals surface area contributed by atoms with Gasteiger partial charge in [-0.05, 0) is 46.9 Å². The van der Waals surface area contributed by atoms with Crippen molar-refractivity contribution in [1.29, 1.82) is 0 Å². The molecule has 0 bridgehead atoms. The first-order valence-electron chi connectivity index (χ1n) is 6.88. The van der Waals surface area contributed by atoms with Gasteiger partial charge in [-0.15, -0.1) is 0 Å². The van der Waals surface area contributed by atoms with Crippen LogP contribution in [0.1, 0.15) is 22.7 Å². The van der Waals surface area contributed by atoms with Gasteiger partial charge in [0.05, 0.1) is 0 Å². The van der Waals surface area contributed by atoms with Gasteiger partial charge in [0.1, 0.15) is 0 Å². The summed E-state index contributed by atoms with van der Waals surface area (Å²) >= 11 is 0. The molecule has 0 aliphatic carbocycles. The van der Waals surface area contributed by atoms with Crippen molar-refractivity contribution in [3.63, 3.8) is 0 Å². The zero-order chi connectivity index (χ0) is 13.9. The van der Waals surface area contributed by atoms with Crippen molar-refractivity contribution < 1.29 is 0 Å². The van der Waals surface area contributed by atoms with Crippen molar-refractivity contribution >= 4 is 10.8 Å². The van der Waals surface area contributed by atoms with E-state index in [1.165, 1.54) is 21.9 Å². The van der Waals surface area contributed by atoms with Crippen LogP contribution in [0.3, 0.4) is 0 Å². The molecule has 1 heterocycles. The Bertz CT molecular complexity index is 729. The van der Waals surface area contributed by atoms with E-state index in [2.05, 4.69) is 54.4 Å². The lowest BCUT2D eigenvalue weighted by molar-refractivity contribution is 0.716. The van der Waals surface area contributed by atoms with E-state index in [0.29, 0.717) is 0 Å². The molecule has 2 N–H and O–H groups in total. The molecule has 3 rings (SSSR count). The standard InChI is InChI=1S/C18H18N2/c1-13-9-10-20-12-17(13)18(19)11-15-7-4-6-14-5-2-3-8-16(14)15/h2-10,12,18H,11,19H2,1H3. The van der Waals surface area contributed by atoms with Crippen molar-refractivity contribution in [2.75, 3.05) is 0 Å². The second kappa shape index (κ2) is 5.43. The van der Waals surface area contributed by atoms with E-state index in [0.717, 1.165) is 12.0 Å². The lowest BCUT2D eigenvalue weighted by Gasteiger charge is -2.15. The molecule has 2 nitrogen and oxygen atoms in total. The summed E-state index contributed by atoms with van der Waals surface area (Å²) < 4.78 is 0. The highest BCUT2D eigenvalue weighted by molar-refractivity contribution is 5.85. The van der Waals surface area contributed by atoms with Gasteiger partial charge in [0.2, 0.25) is 0 Å². The van der Waals surface area contributed by atoms with Crippen LogP contribution in [0.5, 0.6) is 0 Å². The number of hydrogen-bond donors (Lipinski definition) is 1. The quantitative estimate of drug-likeness (QED) is 0.780. The first-order chi connectivity index (χ1) is 9.75. The number of aryl methyl sites for hydroxylation is 1. The van der Waals surface area contributed by atoms with Crippen LogP contribution in [0, 0.1) is 6.92 Å². The van der Waals surface area contributed by atoms with E-state index < -0.39 is 0 Å². The number of pyridine rings is 1. The predicted molar refractivity (Wildman–Crippen MR) is 83.6 cm³/mol. The van der Waals surface area contributed by atoms with Gasteiger partial charge in [-0.25, -0.2) is 0 Å². The van der Waals surface area contributed by atoms with Crippen LogP contribution in [0.2, 0.25) is 0 Å². The summed E-state index contributed by atoms with van der Waals surface area (Å²) in [7, 11) is 0. The molecule has 0 aliphatic heterocycles. The van der Waals surface area contributed by atoms with Crippen molar-refractivity contribution in [3.8, 4) is 0 Å². The van der Waals surface area contributed by atoms with Gasteiger partial charge in [0.15, 0.2) is 0 Å². The van der Waals surface area contributed by atoms with Gasteiger partial charge in [0.25, 0.3) is 0 Å². The molecule has 2 heteroatoms. The third-order valence-electron chi connectivity index (χ3n) is 3.80. The molecule has 0 saturated heterocycles. The number of nitrogens with zero attached hydrogens (tertiary/aromatic N) is 1. The lowest BCUT2D eigenvalue weighted by Crippen LogP contribution is -2.15. The number of rotatable bonds is 3. The number of benzene rings is 2. The molecule has 20 heavy (non-hydrogen) atoms. The zero-order valence-corrected chi connectivity index (χ0v) is 11.6. The van der Waals surface area contributed by atoms with E-state index in [-0.39, 0.29) is 6.04 Å². The predicted octanol–water partition coefficient (Wildman–Crippen LogP) is 3.79. The van der Waals surface area contributed by atoms with Crippen molar-refractivity contribution in [2.24, 2.45) is 5.73 Å². The molecule has 1 atom stereocenters. The molecule has 3 aromatic rings. The lowest BCUT2D eigenvalue weighted by atomic mass is 9.94. The van der Waals surface area contributed by atoms with Gasteiger partial charge in [-0.2, -0.15) is 0 Å². The van der Waals surface area contributed by atoms with Crippen molar-refractivity contribution in [2.45, 2.75) is 19.4 Å². The van der Waals surface area contributed by atoms with Gasteiger partial charge >= 0.3 is 0 Å². The van der Waals surface area contributed by atoms with Gasteiger partial charge < -0.3 is 5.73 Å². The maximum atomic E-state index is 6.38. The number of nitrogens with two attached hydrogens (primary N) is 1. The van der Waals surface area contributed by atoms with Gasteiger partial charge in [-0.1, -0.05) is 42.5 Å². The Hall–Kier alpha value is -2.19. The van der Waals surface area contributed by atoms with Crippen LogP contribution in [0.4, 0.5) is 0 Å². The fourth-order valence-electron chi connectivity index (χ4n) is 2.68. The molecule has 0 aliphatic rings. The minimum atomic E-state index is -0.0190. The number of hydrogen-bond acceptors (Lipinski definition) is 2. The Morgan fingerprint density at radius 3 is 2.70 bits per heavy atom. The van der Waals surface area contributed by atoms with Crippen LogP contribution in [0.25, 0.3) is 10.8 Å². The Morgan fingerprint density at radius 1 is 1.05 bits per heavy atom. The highest BCUT2D eigenvalue weighted by Gasteiger charge is 2.11. The average Bonchev–Trinajstić information content (AvgIpc) is 2.48. The molecule has 100 valence electrons. The van der Waals surface area contributed by atoms with E-state index in [9.17, 15) is 0 Å². The summed E-state index contributed by atoms with van der Waals surface area (Å²) in [4.78, 5) is 4.19. The molecule has 1 unspecified atom stereocenters. The summed E-state index contributed by atoms with van der Waals surface area (Å²) in [5, 5.41) is 2.55. The Balaban J connectivity index is 1.96. The third-order valence-corrected chi connectivity index (χ3v) is 3.80. The Kier molecular flexibility index (Phi) is 3.48. The molecular formula is C18H18N2. The monoisotopic (exact) mass is 262 g/mol. The Morgan fingerprint density at radius 2 is 1.85 bits per heavy atom. The van der Waals surface area contributed by atoms with Crippen molar-refractivity contribution in [3.05, 3.63) is 77.6 Å². The topological polar surface area (TPSA) is 38.9 Å². The Labute approximate surface area is 119 Å². The second-order valence-corrected chi connectivity index (χ2v) is 5.18. The van der Waals surface area contributed by atoms with Crippen LogP contribution in [0.15, 0.2) is 60.9 Å². The molecule has 1 aromatic heterocycles. The minimum absolute atomic E-state index is 0.0190. The molecule has 0 amide bonds. The van der Waals surface area contributed by atoms with Crippen LogP contribution >= 0.6 is 0 Å².